The second-order valence-corrected chi connectivity index (χ2v) is 35.2. The lowest BCUT2D eigenvalue weighted by Crippen LogP contribution is -2.60. The molecular weight excluding hydrogens is 1720 g/mol. The van der Waals surface area contributed by atoms with E-state index in [9.17, 15) is 68.1 Å². The summed E-state index contributed by atoms with van der Waals surface area (Å²) in [5, 5.41) is 55.7. The Balaban J connectivity index is 1.18. The highest BCUT2D eigenvalue weighted by Crippen LogP contribution is 2.29. The molecule has 40 nitrogen and oxygen atoms in total. The van der Waals surface area contributed by atoms with Gasteiger partial charge >= 0.3 is 0 Å². The van der Waals surface area contributed by atoms with Crippen molar-refractivity contribution in [3.63, 3.8) is 0 Å². The lowest BCUT2D eigenvalue weighted by atomic mass is 9.93. The first kappa shape index (κ1) is 104. The second kappa shape index (κ2) is 49.6. The summed E-state index contributed by atoms with van der Waals surface area (Å²) >= 11 is 0.840. The van der Waals surface area contributed by atoms with Crippen LogP contribution in [0.15, 0.2) is 85.2 Å². The zero-order valence-corrected chi connectivity index (χ0v) is 76.3. The molecule has 3 fully saturated rings. The fraction of sp³-hybridized carbons (Fsp3) is 0.556. The number of aromatic nitrogens is 2. The van der Waals surface area contributed by atoms with Crippen molar-refractivity contribution in [3.05, 3.63) is 102 Å². The number of aliphatic hydroxyl groups is 3. The molecule has 0 saturated carbocycles. The summed E-state index contributed by atoms with van der Waals surface area (Å²) in [6.07, 6.45) is -1.29. The van der Waals surface area contributed by atoms with E-state index in [4.69, 9.17) is 21.9 Å². The molecule has 3 aromatic carbocycles. The number of nitrogens with one attached hydrogen (secondary N) is 10. The monoisotopic (exact) mass is 1840 g/mol. The van der Waals surface area contributed by atoms with Crippen LogP contribution in [-0.2, 0) is 106 Å². The summed E-state index contributed by atoms with van der Waals surface area (Å²) in [5.74, 6) is -19.1. The number of ketones is 2. The number of nitrogens with zero attached hydrogens (tertiary/aromatic N) is 5. The molecule has 0 aliphatic carbocycles. The van der Waals surface area contributed by atoms with Gasteiger partial charge in [0.15, 0.2) is 11.6 Å². The van der Waals surface area contributed by atoms with E-state index in [1.54, 1.807) is 99.0 Å². The molecular formula is C90H126N18O22S. The Morgan fingerprint density at radius 3 is 1.65 bits per heavy atom. The number of methoxy groups -OCH3 is 1. The van der Waals surface area contributed by atoms with Crippen molar-refractivity contribution < 1.29 is 106 Å². The SMILES string of the molecule is CCCC[C@H]1C(=O)N(C)[C@@H](CCCC)C(=O)N[C@@H](CC(C)C)C(=O)N[C@H](C(=O)CCC(N)=O)CSCC(=O)N[C@@H](Cc2ccc(OC)cc2)C(=O)N(C)[C@@H](C)C(=O)N[C@@H](CC(N)=O)C(=O)N2CCC[C@H]2C(=O)N[C@@H](CO)C(=O)N[C@@H](CCC(N)=O)C(=O)N2C[C@H](O)C[C@H]2C(=O)N[C@@H](Cc2c[nH]c3ccccc23)C(=O)C[C@@H](CO)C(=O)N[C@@H](Cc2c[nH]c3ccccc23)C(=O)N1C. The van der Waals surface area contributed by atoms with E-state index in [-0.39, 0.29) is 69.6 Å². The van der Waals surface area contributed by atoms with Gasteiger partial charge in [-0.3, -0.25) is 86.3 Å². The third kappa shape index (κ3) is 28.8. The van der Waals surface area contributed by atoms with Crippen LogP contribution < -0.4 is 64.5 Å². The number of aromatic amines is 2. The average Bonchev–Trinajstić information content (AvgIpc) is 1.76. The van der Waals surface area contributed by atoms with E-state index in [0.717, 1.165) is 26.5 Å². The number of aliphatic hydroxyl groups excluding tert-OH is 3. The Kier molecular flexibility index (Phi) is 39.4. The third-order valence-corrected chi connectivity index (χ3v) is 25.0. The number of ether oxygens (including phenoxy) is 1. The normalized spacial score (nSPS) is 25.3. The van der Waals surface area contributed by atoms with Crippen LogP contribution in [-0.4, -0.2) is 307 Å². The molecule has 0 spiro atoms. The smallest absolute Gasteiger partial charge is 0.246 e. The third-order valence-electron chi connectivity index (χ3n) is 24.0. The molecule has 15 atom stereocenters. The van der Waals surface area contributed by atoms with Gasteiger partial charge in [-0.2, -0.15) is 0 Å². The Morgan fingerprint density at radius 1 is 0.527 bits per heavy atom. The van der Waals surface area contributed by atoms with Crippen LogP contribution >= 0.6 is 11.8 Å². The summed E-state index contributed by atoms with van der Waals surface area (Å²) in [5.41, 5.74) is 19.5. The summed E-state index contributed by atoms with van der Waals surface area (Å²) in [6.45, 7) is 5.62. The van der Waals surface area contributed by atoms with Gasteiger partial charge in [0.1, 0.15) is 72.2 Å². The van der Waals surface area contributed by atoms with Crippen molar-refractivity contribution in [2.75, 3.05) is 66.1 Å². The van der Waals surface area contributed by atoms with Crippen LogP contribution in [0.1, 0.15) is 154 Å². The fourth-order valence-corrected chi connectivity index (χ4v) is 17.3. The molecule has 5 heterocycles. The number of Topliss-reactive ketones (excluding diaryl/α,β-unsaturated/α-hetero) is 2. The van der Waals surface area contributed by atoms with Gasteiger partial charge in [0.05, 0.1) is 56.6 Å². The highest BCUT2D eigenvalue weighted by atomic mass is 32.2. The van der Waals surface area contributed by atoms with Crippen LogP contribution in [0.25, 0.3) is 21.8 Å². The van der Waals surface area contributed by atoms with Crippen molar-refractivity contribution in [2.45, 2.75) is 241 Å². The molecule has 131 heavy (non-hydrogen) atoms. The number of nitrogens with two attached hydrogens (primary N) is 3. The fourth-order valence-electron chi connectivity index (χ4n) is 16.4. The van der Waals surface area contributed by atoms with Crippen molar-refractivity contribution in [1.29, 1.82) is 0 Å². The first-order valence-corrected chi connectivity index (χ1v) is 45.4. The standard InChI is InChI=1S/C90H126N18O22S/c1-10-12-23-69-83(122)99-63(35-49(3)4)81(120)103-68(73(112)31-33-76(92)115)47-131-48-78(117)96-64(36-51-26-28-56(130-9)29-27-51)86(125)104(6)50(5)79(118)100-66(41-77(93)116)89(128)107-34-18-25-70(107)84(123)102-67(46-110)82(121)97-61(30-32-75(91)114)88(127)108-44-55(111)40-72(108)85(124)98-62(37-52-42-94-59-21-16-14-19-57(52)59)74(113)39-54(45-109)80(119)101-65(38-53-43-95-60-22-17-15-20-58(53)60)87(126)106(8)71(24-13-11-2)90(129)105(69)7/h14-17,19-22,26-29,42-43,49-50,54-55,61-72,94-95,109-111H,10-13,18,23-25,30-41,44-48H2,1-9H3,(H2,91,114)(H2,92,115)(H2,93,116)(H,96,117)(H,97,121)(H,98,124)(H,99,122)(H,100,118)(H,101,119)(H,102,123)(H,103,120)/t50-,54-,55+,61-,62-,63-,64-,65-,66-,67-,68-,69-,70-,71-,72-/m0/s1. The number of thioether (sulfide) groups is 1. The van der Waals surface area contributed by atoms with Gasteiger partial charge in [0, 0.05) is 126 Å². The van der Waals surface area contributed by atoms with Crippen molar-refractivity contribution >= 4 is 140 Å². The molecule has 714 valence electrons. The molecule has 41 heteroatoms. The number of unbranched alkanes of at least 4 members (excludes halogenated alkanes) is 2. The number of para-hydroxylation sites is 2. The van der Waals surface area contributed by atoms with E-state index in [0.29, 0.717) is 69.9 Å². The highest BCUT2D eigenvalue weighted by Gasteiger charge is 2.47. The quantitative estimate of drug-likeness (QED) is 0.0307. The van der Waals surface area contributed by atoms with Gasteiger partial charge in [-0.05, 0) is 92.3 Å². The number of hydrogen-bond acceptors (Lipinski definition) is 23. The van der Waals surface area contributed by atoms with Gasteiger partial charge in [-0.25, -0.2) is 0 Å². The maximum atomic E-state index is 15.7. The number of rotatable bonds is 26. The maximum absolute atomic E-state index is 15.7. The number of likely N-dealkylation sites (N-methyl/N-ethyl adjacent to an activating group) is 3. The maximum Gasteiger partial charge on any atom is 0.246 e. The molecule has 16 amide bonds. The number of hydrogen-bond donors (Lipinski definition) is 16. The number of carbonyl (C=O) groups excluding carboxylic acids is 18. The predicted molar refractivity (Wildman–Crippen MR) is 481 cm³/mol. The van der Waals surface area contributed by atoms with Crippen LogP contribution in [0.3, 0.4) is 0 Å². The molecule has 3 saturated heterocycles. The average molecular weight is 1840 g/mol. The molecule has 5 aromatic rings. The first-order valence-electron chi connectivity index (χ1n) is 44.3. The van der Waals surface area contributed by atoms with E-state index in [1.807, 2.05) is 13.8 Å². The van der Waals surface area contributed by atoms with Gasteiger partial charge in [-0.15, -0.1) is 11.8 Å². The minimum absolute atomic E-state index is 0.0218. The number of carbonyl (C=O) groups is 18. The summed E-state index contributed by atoms with van der Waals surface area (Å²) in [4.78, 5) is 272. The Bertz CT molecular complexity index is 4930. The Morgan fingerprint density at radius 2 is 1.06 bits per heavy atom. The Labute approximate surface area is 763 Å². The van der Waals surface area contributed by atoms with E-state index >= 15 is 33.6 Å². The summed E-state index contributed by atoms with van der Waals surface area (Å²) in [6, 6.07) is 0.232. The van der Waals surface area contributed by atoms with Crippen molar-refractivity contribution in [1.82, 2.24) is 77.0 Å². The molecule has 8 rings (SSSR count). The van der Waals surface area contributed by atoms with Crippen molar-refractivity contribution in [3.8, 4) is 5.75 Å². The van der Waals surface area contributed by atoms with Gasteiger partial charge in [0.2, 0.25) is 94.5 Å². The minimum Gasteiger partial charge on any atom is -0.497 e. The van der Waals surface area contributed by atoms with Crippen LogP contribution in [0.4, 0.5) is 0 Å². The summed E-state index contributed by atoms with van der Waals surface area (Å²) < 4.78 is 5.33. The molecule has 0 unspecified atom stereocenters. The number of fused-ring (bicyclic) bond motifs is 4. The first-order chi connectivity index (χ1) is 62.3. The molecule has 0 bridgehead atoms. The zero-order chi connectivity index (χ0) is 96.2. The van der Waals surface area contributed by atoms with E-state index < -0.39 is 267 Å². The molecule has 3 aliphatic rings. The predicted octanol–water partition coefficient (Wildman–Crippen LogP) is -1.27. The number of amides is 16. The second-order valence-electron chi connectivity index (χ2n) is 34.1. The topological polar surface area (TPSA) is 599 Å². The number of H-pyrrole nitrogens is 2. The van der Waals surface area contributed by atoms with Crippen LogP contribution in [0.5, 0.6) is 5.75 Å². The molecule has 3 aliphatic heterocycles. The summed E-state index contributed by atoms with van der Waals surface area (Å²) in [7, 11) is 5.41. The number of primary amides is 3. The van der Waals surface area contributed by atoms with Gasteiger partial charge in [-0.1, -0.05) is 102 Å². The van der Waals surface area contributed by atoms with Gasteiger partial charge in [0.25, 0.3) is 0 Å². The number of benzene rings is 3. The van der Waals surface area contributed by atoms with Crippen LogP contribution in [0.2, 0.25) is 0 Å². The van der Waals surface area contributed by atoms with E-state index in [1.165, 1.54) is 45.0 Å². The minimum atomic E-state index is -1.93. The zero-order valence-electron chi connectivity index (χ0n) is 75.5. The van der Waals surface area contributed by atoms with E-state index in [2.05, 4.69) is 52.5 Å². The van der Waals surface area contributed by atoms with Crippen molar-refractivity contribution in [2.24, 2.45) is 29.0 Å². The molecule has 19 N–H and O–H groups in total. The Hall–Kier alpha value is -12.4. The highest BCUT2D eigenvalue weighted by molar-refractivity contribution is 8.00. The lowest BCUT2D eigenvalue weighted by molar-refractivity contribution is -0.149. The molecule has 2 aromatic heterocycles. The van der Waals surface area contributed by atoms with Crippen LogP contribution in [0, 0.1) is 11.8 Å². The molecule has 0 radical (unpaired) electrons. The lowest BCUT2D eigenvalue weighted by Gasteiger charge is -2.36. The largest absolute Gasteiger partial charge is 0.497 e. The van der Waals surface area contributed by atoms with Gasteiger partial charge < -0.3 is 114 Å².